The second kappa shape index (κ2) is 9.44. The van der Waals surface area contributed by atoms with Gasteiger partial charge in [-0.2, -0.15) is 0 Å². The highest BCUT2D eigenvalue weighted by Gasteiger charge is 2.56. The summed E-state index contributed by atoms with van der Waals surface area (Å²) in [6.45, 7) is 2.12. The normalized spacial score (nSPS) is 30.4. The molecule has 1 saturated carbocycles. The number of nitrogens with zero attached hydrogens (tertiary/aromatic N) is 4. The summed E-state index contributed by atoms with van der Waals surface area (Å²) >= 11 is 0. The third-order valence-corrected chi connectivity index (χ3v) is 8.04. The van der Waals surface area contributed by atoms with Crippen LogP contribution in [0.25, 0.3) is 0 Å². The number of hydrogen-bond acceptors (Lipinski definition) is 7. The minimum atomic E-state index is -2.93. The third kappa shape index (κ3) is 4.81. The maximum absolute atomic E-state index is 14.1. The number of hydrogen-bond donors (Lipinski definition) is 2. The number of nitrogens with one attached hydrogen (secondary N) is 1. The number of aromatic nitrogens is 3. The number of carbonyl (C=O) groups excluding carboxylic acids is 2. The van der Waals surface area contributed by atoms with Gasteiger partial charge in [0.15, 0.2) is 18.2 Å². The van der Waals surface area contributed by atoms with Gasteiger partial charge in [0, 0.05) is 37.5 Å². The predicted octanol–water partition coefficient (Wildman–Crippen LogP) is 2.29. The molecule has 4 fully saturated rings. The van der Waals surface area contributed by atoms with Crippen molar-refractivity contribution in [3.8, 4) is 0 Å². The molecule has 0 spiro atoms. The summed E-state index contributed by atoms with van der Waals surface area (Å²) in [6, 6.07) is 8.23. The van der Waals surface area contributed by atoms with Crippen LogP contribution in [0.3, 0.4) is 0 Å². The van der Waals surface area contributed by atoms with Gasteiger partial charge in [-0.3, -0.25) is 10.1 Å². The Labute approximate surface area is 207 Å². The topological polar surface area (TPSA) is 114 Å². The van der Waals surface area contributed by atoms with Crippen LogP contribution in [0, 0.1) is 11.8 Å². The van der Waals surface area contributed by atoms with Crippen LogP contribution in [-0.2, 0) is 19.9 Å². The Morgan fingerprint density at radius 3 is 2.47 bits per heavy atom. The van der Waals surface area contributed by atoms with Gasteiger partial charge >= 0.3 is 5.97 Å². The Morgan fingerprint density at radius 1 is 1.14 bits per heavy atom. The number of rotatable bonds is 7. The molecule has 2 N–H and O–H groups in total. The van der Waals surface area contributed by atoms with Gasteiger partial charge < -0.3 is 14.3 Å². The third-order valence-electron chi connectivity index (χ3n) is 8.04. The van der Waals surface area contributed by atoms with Crippen molar-refractivity contribution in [1.29, 1.82) is 0 Å². The van der Waals surface area contributed by atoms with E-state index in [0.717, 1.165) is 25.9 Å². The molecule has 1 aromatic heterocycles. The Balaban J connectivity index is 1.31. The average Bonchev–Trinajstić information content (AvgIpc) is 3.25. The molecule has 11 heteroatoms. The van der Waals surface area contributed by atoms with Crippen molar-refractivity contribution in [1.82, 2.24) is 15.0 Å². The van der Waals surface area contributed by atoms with Crippen LogP contribution >= 0.6 is 0 Å². The zero-order valence-electron chi connectivity index (χ0n) is 19.9. The van der Waals surface area contributed by atoms with E-state index in [4.69, 9.17) is 4.74 Å². The maximum Gasteiger partial charge on any atom is 0.343 e. The molecule has 1 aromatic carbocycles. The highest BCUT2D eigenvalue weighted by molar-refractivity contribution is 5.89. The van der Waals surface area contributed by atoms with Crippen LogP contribution in [0.5, 0.6) is 0 Å². The highest BCUT2D eigenvalue weighted by Crippen LogP contribution is 2.48. The molecule has 3 atom stereocenters. The minimum absolute atomic E-state index is 0.0266. The molecule has 6 rings (SSSR count). The first-order valence-electron chi connectivity index (χ1n) is 12.3. The van der Waals surface area contributed by atoms with Crippen LogP contribution < -0.4 is 5.32 Å². The second-order valence-corrected chi connectivity index (χ2v) is 10.3. The van der Waals surface area contributed by atoms with Crippen molar-refractivity contribution >= 4 is 17.8 Å². The molecule has 1 amide bonds. The van der Waals surface area contributed by atoms with Gasteiger partial charge in [0.05, 0.1) is 13.1 Å². The molecule has 4 aliphatic rings. The number of carbonyl (C=O) groups is 2. The van der Waals surface area contributed by atoms with E-state index in [9.17, 15) is 23.5 Å². The Hall–Kier alpha value is -3.05. The number of ether oxygens (including phenoxy) is 1. The van der Waals surface area contributed by atoms with Crippen LogP contribution in [0.4, 0.5) is 14.7 Å². The molecule has 0 radical (unpaired) electrons. The van der Waals surface area contributed by atoms with Gasteiger partial charge in [-0.15, -0.1) is 0 Å². The Bertz CT molecular complexity index is 1100. The average molecular weight is 503 g/mol. The summed E-state index contributed by atoms with van der Waals surface area (Å²) < 4.78 is 34.6. The first kappa shape index (κ1) is 24.6. The minimum Gasteiger partial charge on any atom is -0.454 e. The van der Waals surface area contributed by atoms with E-state index in [1.54, 1.807) is 30.3 Å². The van der Waals surface area contributed by atoms with Crippen LogP contribution in [0.15, 0.2) is 43.0 Å². The first-order chi connectivity index (χ1) is 17.2. The molecular weight excluding hydrogens is 472 g/mol. The lowest BCUT2D eigenvalue weighted by molar-refractivity contribution is -0.939. The molecule has 2 bridgehead atoms. The number of benzene rings is 1. The fourth-order valence-corrected chi connectivity index (χ4v) is 6.10. The molecule has 1 aliphatic carbocycles. The van der Waals surface area contributed by atoms with Crippen molar-refractivity contribution in [2.24, 2.45) is 11.8 Å². The van der Waals surface area contributed by atoms with Crippen molar-refractivity contribution < 1.29 is 32.7 Å². The fraction of sp³-hybridized carbons (Fsp3) is 0.560. The molecule has 2 unspecified atom stereocenters. The van der Waals surface area contributed by atoms with Gasteiger partial charge in [-0.25, -0.2) is 28.5 Å². The molecule has 192 valence electrons. The maximum atomic E-state index is 14.1. The lowest BCUT2D eigenvalue weighted by Gasteiger charge is -2.51. The van der Waals surface area contributed by atoms with Crippen molar-refractivity contribution in [2.45, 2.75) is 49.7 Å². The summed E-state index contributed by atoms with van der Waals surface area (Å²) in [7, 11) is 0. The fourth-order valence-electron chi connectivity index (χ4n) is 6.10. The summed E-state index contributed by atoms with van der Waals surface area (Å²) in [4.78, 5) is 37.8. The Morgan fingerprint density at radius 2 is 1.83 bits per heavy atom. The molecular formula is C25H30F2N5O4+. The predicted molar refractivity (Wildman–Crippen MR) is 123 cm³/mol. The number of esters is 1. The first-order valence-corrected chi connectivity index (χ1v) is 12.3. The molecule has 9 nitrogen and oxygen atoms in total. The molecule has 4 heterocycles. The van der Waals surface area contributed by atoms with E-state index >= 15 is 0 Å². The Kier molecular flexibility index (Phi) is 6.46. The number of fused-ring (bicyclic) bond motifs is 3. The van der Waals surface area contributed by atoms with Crippen LogP contribution in [-0.4, -0.2) is 74.6 Å². The van der Waals surface area contributed by atoms with E-state index in [-0.39, 0.29) is 42.7 Å². The van der Waals surface area contributed by atoms with Crippen LogP contribution in [0.2, 0.25) is 0 Å². The SMILES string of the molecule is O=C(C[N+]12CCC(CC1)[C@@H](OC(=O)C(O)(c1ccccc1)C1CCC(F)(F)C1)C2)Nc1ncncn1. The summed E-state index contributed by atoms with van der Waals surface area (Å²) in [5.41, 5.74) is -1.90. The van der Waals surface area contributed by atoms with Crippen molar-refractivity contribution in [2.75, 3.05) is 31.5 Å². The lowest BCUT2D eigenvalue weighted by Crippen LogP contribution is -2.66. The van der Waals surface area contributed by atoms with Crippen molar-refractivity contribution in [3.05, 3.63) is 48.5 Å². The van der Waals surface area contributed by atoms with E-state index in [1.807, 2.05) is 0 Å². The number of anilines is 1. The monoisotopic (exact) mass is 502 g/mol. The van der Waals surface area contributed by atoms with E-state index in [2.05, 4.69) is 20.3 Å². The van der Waals surface area contributed by atoms with E-state index < -0.39 is 35.9 Å². The van der Waals surface area contributed by atoms with Gasteiger partial charge in [0.1, 0.15) is 19.2 Å². The van der Waals surface area contributed by atoms with Crippen LogP contribution in [0.1, 0.15) is 37.7 Å². The number of quaternary nitrogens is 1. The second-order valence-electron chi connectivity index (χ2n) is 10.3. The smallest absolute Gasteiger partial charge is 0.343 e. The van der Waals surface area contributed by atoms with Crippen molar-refractivity contribution in [3.63, 3.8) is 0 Å². The van der Waals surface area contributed by atoms with E-state index in [0.29, 0.717) is 11.0 Å². The summed E-state index contributed by atoms with van der Waals surface area (Å²) in [6.07, 6.45) is 2.70. The standard InChI is InChI=1S/C25H29F2N5O4/c26-24(27)9-6-19(12-24)25(35,18-4-2-1-3-5-18)22(34)36-20-13-32(10-7-17(20)8-11-32)14-21(33)31-23-29-15-28-16-30-23/h1-5,15-17,19-20,35H,6-14H2/p+1/t17?,19?,20-,25?,32?/m0/s1. The number of amides is 1. The van der Waals surface area contributed by atoms with Gasteiger partial charge in [0.2, 0.25) is 11.9 Å². The zero-order chi connectivity index (χ0) is 25.4. The largest absolute Gasteiger partial charge is 0.454 e. The quantitative estimate of drug-likeness (QED) is 0.441. The molecule has 36 heavy (non-hydrogen) atoms. The molecule has 3 aliphatic heterocycles. The molecule has 3 saturated heterocycles. The number of piperidine rings is 3. The zero-order valence-corrected chi connectivity index (χ0v) is 19.9. The summed E-state index contributed by atoms with van der Waals surface area (Å²) in [5, 5.41) is 14.3. The highest BCUT2D eigenvalue weighted by atomic mass is 19.3. The van der Waals surface area contributed by atoms with Gasteiger partial charge in [0.25, 0.3) is 5.91 Å². The number of alkyl halides is 2. The molecule has 2 aromatic rings. The van der Waals surface area contributed by atoms with Gasteiger partial charge in [-0.05, 0) is 12.0 Å². The van der Waals surface area contributed by atoms with Gasteiger partial charge in [-0.1, -0.05) is 30.3 Å². The summed E-state index contributed by atoms with van der Waals surface area (Å²) in [5.74, 6) is -4.74. The number of aliphatic hydroxyl groups is 1. The number of halogens is 2. The lowest BCUT2D eigenvalue weighted by atomic mass is 9.79. The van der Waals surface area contributed by atoms with E-state index in [1.165, 1.54) is 12.7 Å².